The van der Waals surface area contributed by atoms with Crippen molar-refractivity contribution in [3.05, 3.63) is 30.1 Å². The Bertz CT molecular complexity index is 270. The van der Waals surface area contributed by atoms with Gasteiger partial charge in [0.05, 0.1) is 5.69 Å². The van der Waals surface area contributed by atoms with Crippen LogP contribution in [0.15, 0.2) is 24.4 Å². The fraction of sp³-hybridized carbons (Fsp3) is 0.545. The van der Waals surface area contributed by atoms with Gasteiger partial charge in [0.15, 0.2) is 0 Å². The van der Waals surface area contributed by atoms with Gasteiger partial charge in [-0.3, -0.25) is 4.98 Å². The molecular weight excluding hydrogens is 176 g/mol. The zero-order valence-electron chi connectivity index (χ0n) is 8.26. The molecule has 1 N–H and O–H groups in total. The summed E-state index contributed by atoms with van der Waals surface area (Å²) in [6, 6.07) is 5.66. The fourth-order valence-corrected chi connectivity index (χ4v) is 1.88. The highest BCUT2D eigenvalue weighted by Gasteiger charge is 2.17. The van der Waals surface area contributed by atoms with Crippen LogP contribution < -0.4 is 0 Å². The summed E-state index contributed by atoms with van der Waals surface area (Å²) in [4.78, 5) is 6.44. The molecule has 3 heteroatoms. The van der Waals surface area contributed by atoms with Gasteiger partial charge in [0.1, 0.15) is 6.10 Å². The van der Waals surface area contributed by atoms with Crippen molar-refractivity contribution in [2.24, 2.45) is 0 Å². The molecule has 2 rings (SSSR count). The van der Waals surface area contributed by atoms with Crippen LogP contribution in [0, 0.1) is 0 Å². The van der Waals surface area contributed by atoms with Crippen LogP contribution in [0.4, 0.5) is 0 Å². The van der Waals surface area contributed by atoms with E-state index in [-0.39, 0.29) is 0 Å². The van der Waals surface area contributed by atoms with Gasteiger partial charge in [-0.15, -0.1) is 0 Å². The van der Waals surface area contributed by atoms with Crippen molar-refractivity contribution in [2.75, 3.05) is 19.6 Å². The molecule has 1 atom stereocenters. The van der Waals surface area contributed by atoms with Crippen molar-refractivity contribution in [1.82, 2.24) is 9.88 Å². The first kappa shape index (κ1) is 9.62. The maximum absolute atomic E-state index is 9.88. The van der Waals surface area contributed by atoms with Crippen LogP contribution in [0.25, 0.3) is 0 Å². The van der Waals surface area contributed by atoms with Gasteiger partial charge < -0.3 is 10.0 Å². The van der Waals surface area contributed by atoms with Crippen molar-refractivity contribution in [1.29, 1.82) is 0 Å². The van der Waals surface area contributed by atoms with Gasteiger partial charge in [-0.2, -0.15) is 0 Å². The Morgan fingerprint density at radius 3 is 2.79 bits per heavy atom. The molecule has 2 heterocycles. The van der Waals surface area contributed by atoms with Crippen molar-refractivity contribution in [2.45, 2.75) is 18.9 Å². The standard InChI is InChI=1S/C11H16N2O/c14-11(9-13-7-3-4-8-13)10-5-1-2-6-12-10/h1-2,5-6,11,14H,3-4,7-9H2. The number of rotatable bonds is 3. The van der Waals surface area contributed by atoms with Gasteiger partial charge in [-0.1, -0.05) is 6.07 Å². The van der Waals surface area contributed by atoms with E-state index in [1.807, 2.05) is 18.2 Å². The fourth-order valence-electron chi connectivity index (χ4n) is 1.88. The molecule has 1 saturated heterocycles. The minimum absolute atomic E-state index is 0.436. The van der Waals surface area contributed by atoms with E-state index in [0.717, 1.165) is 25.3 Å². The van der Waals surface area contributed by atoms with E-state index in [1.165, 1.54) is 12.8 Å². The Morgan fingerprint density at radius 2 is 2.14 bits per heavy atom. The molecule has 1 aromatic heterocycles. The summed E-state index contributed by atoms with van der Waals surface area (Å²) in [5.74, 6) is 0. The molecule has 1 unspecified atom stereocenters. The highest BCUT2D eigenvalue weighted by Crippen LogP contribution is 2.14. The van der Waals surface area contributed by atoms with Crippen LogP contribution in [0.5, 0.6) is 0 Å². The predicted molar refractivity (Wildman–Crippen MR) is 54.9 cm³/mol. The molecule has 1 aromatic rings. The third kappa shape index (κ3) is 2.30. The summed E-state index contributed by atoms with van der Waals surface area (Å²) < 4.78 is 0. The lowest BCUT2D eigenvalue weighted by molar-refractivity contribution is 0.122. The number of hydrogen-bond donors (Lipinski definition) is 1. The number of hydrogen-bond acceptors (Lipinski definition) is 3. The van der Waals surface area contributed by atoms with E-state index < -0.39 is 6.10 Å². The molecular formula is C11H16N2O. The lowest BCUT2D eigenvalue weighted by Crippen LogP contribution is -2.25. The highest BCUT2D eigenvalue weighted by molar-refractivity contribution is 5.07. The maximum Gasteiger partial charge on any atom is 0.109 e. The quantitative estimate of drug-likeness (QED) is 0.782. The molecule has 3 nitrogen and oxygen atoms in total. The first-order valence-electron chi connectivity index (χ1n) is 5.17. The van der Waals surface area contributed by atoms with Crippen LogP contribution in [-0.4, -0.2) is 34.6 Å². The maximum atomic E-state index is 9.88. The SMILES string of the molecule is OC(CN1CCCC1)c1ccccn1. The van der Waals surface area contributed by atoms with Crippen LogP contribution in [0.3, 0.4) is 0 Å². The van der Waals surface area contributed by atoms with Crippen molar-refractivity contribution in [3.63, 3.8) is 0 Å². The minimum atomic E-state index is -0.436. The summed E-state index contributed by atoms with van der Waals surface area (Å²) in [5, 5.41) is 9.88. The molecule has 14 heavy (non-hydrogen) atoms. The lowest BCUT2D eigenvalue weighted by atomic mass is 10.2. The second-order valence-corrected chi connectivity index (χ2v) is 3.78. The Kier molecular flexibility index (Phi) is 3.11. The van der Waals surface area contributed by atoms with E-state index in [0.29, 0.717) is 0 Å². The Balaban J connectivity index is 1.92. The molecule has 1 fully saturated rings. The average Bonchev–Trinajstić information content (AvgIpc) is 2.72. The van der Waals surface area contributed by atoms with Crippen molar-refractivity contribution in [3.8, 4) is 0 Å². The van der Waals surface area contributed by atoms with Gasteiger partial charge >= 0.3 is 0 Å². The number of aliphatic hydroxyl groups is 1. The molecule has 0 aromatic carbocycles. The van der Waals surface area contributed by atoms with Crippen molar-refractivity contribution < 1.29 is 5.11 Å². The number of likely N-dealkylation sites (tertiary alicyclic amines) is 1. The van der Waals surface area contributed by atoms with E-state index >= 15 is 0 Å². The van der Waals surface area contributed by atoms with Gasteiger partial charge in [0, 0.05) is 12.7 Å². The molecule has 0 saturated carbocycles. The number of aromatic nitrogens is 1. The lowest BCUT2D eigenvalue weighted by Gasteiger charge is -2.18. The number of pyridine rings is 1. The molecule has 1 aliphatic rings. The Morgan fingerprint density at radius 1 is 1.36 bits per heavy atom. The van der Waals surface area contributed by atoms with Gasteiger partial charge in [-0.05, 0) is 38.1 Å². The first-order chi connectivity index (χ1) is 6.86. The van der Waals surface area contributed by atoms with Gasteiger partial charge in [0.25, 0.3) is 0 Å². The number of aliphatic hydroxyl groups excluding tert-OH is 1. The topological polar surface area (TPSA) is 36.4 Å². The Hall–Kier alpha value is -0.930. The van der Waals surface area contributed by atoms with E-state index in [4.69, 9.17) is 0 Å². The summed E-state index contributed by atoms with van der Waals surface area (Å²) >= 11 is 0. The second kappa shape index (κ2) is 4.53. The molecule has 1 aliphatic heterocycles. The van der Waals surface area contributed by atoms with Crippen LogP contribution >= 0.6 is 0 Å². The molecule has 0 aliphatic carbocycles. The number of β-amino-alcohol motifs (C(OH)–C–C–N with tert-alkyl or cyclic N) is 1. The predicted octanol–water partition coefficient (Wildman–Crippen LogP) is 1.21. The van der Waals surface area contributed by atoms with Crippen LogP contribution in [0.2, 0.25) is 0 Å². The third-order valence-electron chi connectivity index (χ3n) is 2.66. The van der Waals surface area contributed by atoms with Crippen LogP contribution in [0.1, 0.15) is 24.6 Å². The molecule has 76 valence electrons. The monoisotopic (exact) mass is 192 g/mol. The second-order valence-electron chi connectivity index (χ2n) is 3.78. The molecule has 0 spiro atoms. The zero-order valence-corrected chi connectivity index (χ0v) is 8.26. The van der Waals surface area contributed by atoms with E-state index in [1.54, 1.807) is 6.20 Å². The summed E-state index contributed by atoms with van der Waals surface area (Å²) in [7, 11) is 0. The summed E-state index contributed by atoms with van der Waals surface area (Å²) in [5.41, 5.74) is 0.777. The van der Waals surface area contributed by atoms with E-state index in [2.05, 4.69) is 9.88 Å². The van der Waals surface area contributed by atoms with Crippen molar-refractivity contribution >= 4 is 0 Å². The van der Waals surface area contributed by atoms with Gasteiger partial charge in [-0.25, -0.2) is 0 Å². The molecule has 0 amide bonds. The highest BCUT2D eigenvalue weighted by atomic mass is 16.3. The normalized spacial score (nSPS) is 19.8. The Labute approximate surface area is 84.4 Å². The van der Waals surface area contributed by atoms with E-state index in [9.17, 15) is 5.11 Å². The van der Waals surface area contributed by atoms with Gasteiger partial charge in [0.2, 0.25) is 0 Å². The molecule has 0 bridgehead atoms. The third-order valence-corrected chi connectivity index (χ3v) is 2.66. The number of nitrogens with zero attached hydrogens (tertiary/aromatic N) is 2. The smallest absolute Gasteiger partial charge is 0.109 e. The van der Waals surface area contributed by atoms with Crippen LogP contribution in [-0.2, 0) is 0 Å². The average molecular weight is 192 g/mol. The summed E-state index contributed by atoms with van der Waals surface area (Å²) in [6.45, 7) is 2.95. The largest absolute Gasteiger partial charge is 0.385 e. The minimum Gasteiger partial charge on any atom is -0.385 e. The molecule has 0 radical (unpaired) electrons. The summed E-state index contributed by atoms with van der Waals surface area (Å²) in [6.07, 6.45) is 3.81. The zero-order chi connectivity index (χ0) is 9.80. The first-order valence-corrected chi connectivity index (χ1v) is 5.17.